The van der Waals surface area contributed by atoms with E-state index in [0.29, 0.717) is 24.3 Å². The van der Waals surface area contributed by atoms with Crippen LogP contribution in [-0.2, 0) is 13.1 Å². The highest BCUT2D eigenvalue weighted by atomic mass is 16.1. The molecule has 5 rings (SSSR count). The number of hydrogen-bond acceptors (Lipinski definition) is 6. The zero-order chi connectivity index (χ0) is 23.5. The minimum Gasteiger partial charge on any atom is -0.394 e. The number of nitrogens with zero attached hydrogens (tertiary/aromatic N) is 5. The lowest BCUT2D eigenvalue weighted by Crippen LogP contribution is -2.44. The van der Waals surface area contributed by atoms with Crippen molar-refractivity contribution in [3.8, 4) is 22.5 Å². The molecule has 8 nitrogen and oxygen atoms in total. The number of H-pyrrole nitrogens is 1. The van der Waals surface area contributed by atoms with Gasteiger partial charge in [0.1, 0.15) is 5.69 Å². The van der Waals surface area contributed by atoms with Crippen LogP contribution in [0.4, 0.5) is 5.69 Å². The Labute approximate surface area is 198 Å². The molecule has 2 aromatic carbocycles. The lowest BCUT2D eigenvalue weighted by molar-refractivity contribution is 0.146. The number of benzene rings is 2. The molecular weight excluding hydrogens is 426 g/mol. The van der Waals surface area contributed by atoms with E-state index in [9.17, 15) is 4.79 Å². The van der Waals surface area contributed by atoms with Crippen molar-refractivity contribution < 1.29 is 0 Å². The van der Waals surface area contributed by atoms with Crippen LogP contribution < -0.4 is 11.3 Å². The molecule has 2 aromatic heterocycles. The summed E-state index contributed by atoms with van der Waals surface area (Å²) in [7, 11) is 2.13. The first-order chi connectivity index (χ1) is 16.6. The van der Waals surface area contributed by atoms with Gasteiger partial charge in [-0.3, -0.25) is 14.8 Å². The summed E-state index contributed by atoms with van der Waals surface area (Å²) in [5, 5.41) is 12.4. The highest BCUT2D eigenvalue weighted by Gasteiger charge is 2.23. The number of nitrogen functional groups attached to an aromatic ring is 1. The molecule has 34 heavy (non-hydrogen) atoms. The second-order valence-corrected chi connectivity index (χ2v) is 8.80. The maximum atomic E-state index is 13.3. The number of hydrogen-bond donors (Lipinski definition) is 2. The number of rotatable bonds is 6. The number of piperazine rings is 1. The summed E-state index contributed by atoms with van der Waals surface area (Å²) in [6, 6.07) is 21.7. The molecule has 1 saturated heterocycles. The van der Waals surface area contributed by atoms with E-state index in [0.717, 1.165) is 48.7 Å². The third kappa shape index (κ3) is 4.64. The maximum Gasteiger partial charge on any atom is 0.290 e. The third-order valence-corrected chi connectivity index (χ3v) is 6.33. The molecular formula is C26H29N7O. The second kappa shape index (κ2) is 9.62. The first kappa shape index (κ1) is 22.1. The summed E-state index contributed by atoms with van der Waals surface area (Å²) in [5.41, 5.74) is 11.3. The van der Waals surface area contributed by atoms with Gasteiger partial charge in [-0.1, -0.05) is 60.7 Å². The molecule has 174 valence electrons. The van der Waals surface area contributed by atoms with E-state index < -0.39 is 0 Å². The standard InChI is InChI=1S/C26H29N7O/c1-31-12-14-32(15-13-31)18-23-24(22-16-21(28-29-22)20-10-6-3-7-11-20)25(27)26(34)33(30-23)17-19-8-4-2-5-9-19/h2-11,16H,12-15,17-18,27H2,1H3,(H,28,29). The zero-order valence-corrected chi connectivity index (χ0v) is 19.3. The molecule has 4 aromatic rings. The van der Waals surface area contributed by atoms with Crippen molar-refractivity contribution >= 4 is 5.69 Å². The van der Waals surface area contributed by atoms with E-state index in [1.54, 1.807) is 0 Å². The highest BCUT2D eigenvalue weighted by molar-refractivity contribution is 5.78. The van der Waals surface area contributed by atoms with Crippen LogP contribution in [0.15, 0.2) is 71.5 Å². The van der Waals surface area contributed by atoms with Crippen molar-refractivity contribution in [3.05, 3.63) is 88.3 Å². The van der Waals surface area contributed by atoms with Gasteiger partial charge in [0.05, 0.1) is 29.2 Å². The molecule has 1 fully saturated rings. The summed E-state index contributed by atoms with van der Waals surface area (Å²) in [6.45, 7) is 4.86. The Kier molecular flexibility index (Phi) is 6.24. The second-order valence-electron chi connectivity index (χ2n) is 8.80. The molecule has 0 unspecified atom stereocenters. The Balaban J connectivity index is 1.56. The number of aromatic amines is 1. The van der Waals surface area contributed by atoms with Crippen molar-refractivity contribution in [3.63, 3.8) is 0 Å². The fourth-order valence-electron chi connectivity index (χ4n) is 4.34. The Morgan fingerprint density at radius 3 is 2.32 bits per heavy atom. The largest absolute Gasteiger partial charge is 0.394 e. The highest BCUT2D eigenvalue weighted by Crippen LogP contribution is 2.29. The first-order valence-electron chi connectivity index (χ1n) is 11.5. The Morgan fingerprint density at radius 1 is 0.941 bits per heavy atom. The van der Waals surface area contributed by atoms with Crippen molar-refractivity contribution in [2.24, 2.45) is 0 Å². The van der Waals surface area contributed by atoms with E-state index in [-0.39, 0.29) is 11.2 Å². The Hall–Kier alpha value is -3.75. The summed E-state index contributed by atoms with van der Waals surface area (Å²) in [5.74, 6) is 0. The minimum absolute atomic E-state index is 0.193. The van der Waals surface area contributed by atoms with E-state index in [4.69, 9.17) is 10.8 Å². The summed E-state index contributed by atoms with van der Waals surface area (Å²) >= 11 is 0. The van der Waals surface area contributed by atoms with Crippen molar-refractivity contribution in [2.45, 2.75) is 13.1 Å². The fraction of sp³-hybridized carbons (Fsp3) is 0.269. The monoisotopic (exact) mass is 455 g/mol. The quantitative estimate of drug-likeness (QED) is 0.464. The van der Waals surface area contributed by atoms with E-state index in [1.807, 2.05) is 66.7 Å². The van der Waals surface area contributed by atoms with Crippen LogP contribution in [-0.4, -0.2) is 63.0 Å². The average Bonchev–Trinajstić information content (AvgIpc) is 3.35. The van der Waals surface area contributed by atoms with Crippen molar-refractivity contribution in [2.75, 3.05) is 39.0 Å². The van der Waals surface area contributed by atoms with E-state index in [1.165, 1.54) is 4.68 Å². The van der Waals surface area contributed by atoms with E-state index in [2.05, 4.69) is 27.0 Å². The molecule has 0 amide bonds. The van der Waals surface area contributed by atoms with Gasteiger partial charge in [-0.25, -0.2) is 4.68 Å². The van der Waals surface area contributed by atoms with Gasteiger partial charge in [0.2, 0.25) is 0 Å². The van der Waals surface area contributed by atoms with Gasteiger partial charge in [0.15, 0.2) is 0 Å². The molecule has 3 N–H and O–H groups in total. The van der Waals surface area contributed by atoms with Gasteiger partial charge in [-0.15, -0.1) is 0 Å². The molecule has 0 aliphatic carbocycles. The normalized spacial score (nSPS) is 15.0. The predicted octanol–water partition coefficient (Wildman–Crippen LogP) is 2.68. The Bertz CT molecular complexity index is 1310. The van der Waals surface area contributed by atoms with Crippen LogP contribution in [0.25, 0.3) is 22.5 Å². The van der Waals surface area contributed by atoms with Crippen LogP contribution >= 0.6 is 0 Å². The SMILES string of the molecule is CN1CCN(Cc2nn(Cc3ccccc3)c(=O)c(N)c2-c2cc(-c3ccccc3)n[nH]2)CC1. The van der Waals surface area contributed by atoms with Crippen LogP contribution in [0.2, 0.25) is 0 Å². The average molecular weight is 456 g/mol. The zero-order valence-electron chi connectivity index (χ0n) is 19.3. The first-order valence-corrected chi connectivity index (χ1v) is 11.5. The van der Waals surface area contributed by atoms with Crippen LogP contribution in [0.3, 0.4) is 0 Å². The maximum absolute atomic E-state index is 13.3. The summed E-state index contributed by atoms with van der Waals surface area (Å²) in [6.07, 6.45) is 0. The molecule has 8 heteroatoms. The van der Waals surface area contributed by atoms with E-state index >= 15 is 0 Å². The fourth-order valence-corrected chi connectivity index (χ4v) is 4.34. The number of aromatic nitrogens is 4. The molecule has 0 atom stereocenters. The molecule has 0 spiro atoms. The van der Waals surface area contributed by atoms with Crippen molar-refractivity contribution in [1.29, 1.82) is 0 Å². The van der Waals surface area contributed by atoms with Gasteiger partial charge >= 0.3 is 0 Å². The molecule has 1 aliphatic heterocycles. The molecule has 0 radical (unpaired) electrons. The van der Waals surface area contributed by atoms with Gasteiger partial charge < -0.3 is 10.6 Å². The third-order valence-electron chi connectivity index (χ3n) is 6.33. The predicted molar refractivity (Wildman–Crippen MR) is 134 cm³/mol. The number of nitrogens with one attached hydrogen (secondary N) is 1. The van der Waals surface area contributed by atoms with Gasteiger partial charge in [-0.05, 0) is 18.7 Å². The van der Waals surface area contributed by atoms with Crippen LogP contribution in [0.1, 0.15) is 11.3 Å². The van der Waals surface area contributed by atoms with Gasteiger partial charge in [0, 0.05) is 38.3 Å². The molecule has 3 heterocycles. The number of anilines is 1. The summed E-state index contributed by atoms with van der Waals surface area (Å²) < 4.78 is 1.48. The van der Waals surface area contributed by atoms with Crippen LogP contribution in [0, 0.1) is 0 Å². The number of nitrogens with two attached hydrogens (primary N) is 1. The van der Waals surface area contributed by atoms with Crippen LogP contribution in [0.5, 0.6) is 0 Å². The Morgan fingerprint density at radius 2 is 1.62 bits per heavy atom. The lowest BCUT2D eigenvalue weighted by Gasteiger charge is -2.32. The smallest absolute Gasteiger partial charge is 0.290 e. The topological polar surface area (TPSA) is 96.1 Å². The molecule has 1 aliphatic rings. The number of likely N-dealkylation sites (N-methyl/N-ethyl adjacent to an activating group) is 1. The molecule has 0 bridgehead atoms. The van der Waals surface area contributed by atoms with Gasteiger partial charge in [0.25, 0.3) is 5.56 Å². The van der Waals surface area contributed by atoms with Gasteiger partial charge in [-0.2, -0.15) is 10.2 Å². The molecule has 0 saturated carbocycles. The summed E-state index contributed by atoms with van der Waals surface area (Å²) in [4.78, 5) is 17.9. The minimum atomic E-state index is -0.295. The van der Waals surface area contributed by atoms with Crippen molar-refractivity contribution in [1.82, 2.24) is 29.8 Å². The lowest BCUT2D eigenvalue weighted by atomic mass is 10.1.